The van der Waals surface area contributed by atoms with Crippen LogP contribution < -0.4 is 0 Å². The number of rotatable bonds is 3. The van der Waals surface area contributed by atoms with Gasteiger partial charge in [0.05, 0.1) is 5.25 Å². The molecular formula is C8H12N2O3S. The first-order valence-electron chi connectivity index (χ1n) is 4.08. The van der Waals surface area contributed by atoms with Gasteiger partial charge in [-0.05, 0) is 19.4 Å². The van der Waals surface area contributed by atoms with E-state index < -0.39 is 22.4 Å². The zero-order valence-electron chi connectivity index (χ0n) is 7.91. The van der Waals surface area contributed by atoms with E-state index in [1.54, 1.807) is 12.4 Å². The van der Waals surface area contributed by atoms with Crippen molar-refractivity contribution in [2.45, 2.75) is 25.2 Å². The van der Waals surface area contributed by atoms with Crippen molar-refractivity contribution in [2.24, 2.45) is 0 Å². The van der Waals surface area contributed by atoms with Gasteiger partial charge in [-0.2, -0.15) is 0 Å². The molecule has 1 rings (SSSR count). The van der Waals surface area contributed by atoms with Crippen LogP contribution in [-0.2, 0) is 11.1 Å². The Labute approximate surface area is 84.5 Å². The molecule has 0 fully saturated rings. The van der Waals surface area contributed by atoms with Gasteiger partial charge in [-0.1, -0.05) is 0 Å². The molecule has 1 aromatic rings. The Morgan fingerprint density at radius 3 is 2.36 bits per heavy atom. The normalized spacial score (nSPS) is 17.4. The predicted molar refractivity (Wildman–Crippen MR) is 52.0 cm³/mol. The van der Waals surface area contributed by atoms with Crippen molar-refractivity contribution in [3.05, 3.63) is 23.8 Å². The number of hydrogen-bond acceptors (Lipinski definition) is 4. The Morgan fingerprint density at radius 1 is 1.43 bits per heavy atom. The number of aromatic nitrogens is 2. The fraction of sp³-hybridized carbons (Fsp3) is 0.500. The average Bonchev–Trinajstić information content (AvgIpc) is 2.16. The topological polar surface area (TPSA) is 83.3 Å². The molecule has 0 spiro atoms. The zero-order valence-corrected chi connectivity index (χ0v) is 8.73. The minimum Gasteiger partial charge on any atom is -0.384 e. The Hall–Kier alpha value is -0.850. The number of aliphatic hydroxyl groups is 1. The Bertz CT molecular complexity index is 328. The Morgan fingerprint density at radius 2 is 1.93 bits per heavy atom. The fourth-order valence-corrected chi connectivity index (χ4v) is 1.22. The van der Waals surface area contributed by atoms with Crippen molar-refractivity contribution in [2.75, 3.05) is 0 Å². The van der Waals surface area contributed by atoms with Crippen LogP contribution in [0.25, 0.3) is 0 Å². The smallest absolute Gasteiger partial charge is 0.158 e. The van der Waals surface area contributed by atoms with Crippen LogP contribution >= 0.6 is 0 Å². The molecule has 0 aliphatic rings. The monoisotopic (exact) mass is 216 g/mol. The van der Waals surface area contributed by atoms with Crippen LogP contribution in [0.1, 0.15) is 24.4 Å². The molecule has 5 nitrogen and oxygen atoms in total. The van der Waals surface area contributed by atoms with Crippen molar-refractivity contribution in [1.82, 2.24) is 9.97 Å². The number of nitrogens with zero attached hydrogens (tertiary/aromatic N) is 2. The summed E-state index contributed by atoms with van der Waals surface area (Å²) >= 11 is -2.08. The summed E-state index contributed by atoms with van der Waals surface area (Å²) < 4.78 is 19.4. The second kappa shape index (κ2) is 4.59. The summed E-state index contributed by atoms with van der Waals surface area (Å²) in [6, 6.07) is 0. The van der Waals surface area contributed by atoms with Crippen molar-refractivity contribution in [3.63, 3.8) is 0 Å². The van der Waals surface area contributed by atoms with Crippen LogP contribution in [0.2, 0.25) is 0 Å². The van der Waals surface area contributed by atoms with E-state index >= 15 is 0 Å². The summed E-state index contributed by atoms with van der Waals surface area (Å²) in [6.45, 7) is 3.29. The molecular weight excluding hydrogens is 204 g/mol. The van der Waals surface area contributed by atoms with Crippen LogP contribution in [0.4, 0.5) is 0 Å². The van der Waals surface area contributed by atoms with Crippen molar-refractivity contribution < 1.29 is 13.9 Å². The number of aryl methyl sites for hydroxylation is 1. The lowest BCUT2D eigenvalue weighted by Crippen LogP contribution is -2.21. The maximum Gasteiger partial charge on any atom is 0.158 e. The standard InChI is InChI=1S/C8H12N2O3S/c1-5-3-9-8(10-4-5)7(11)6(2)14(12)13/h3-4,6-7,11H,1-2H3,(H,12,13)/t6-,7-/m0/s1. The summed E-state index contributed by atoms with van der Waals surface area (Å²) in [5.41, 5.74) is 0.874. The van der Waals surface area contributed by atoms with Crippen molar-refractivity contribution in [1.29, 1.82) is 0 Å². The van der Waals surface area contributed by atoms with E-state index in [1.165, 1.54) is 6.92 Å². The molecule has 0 aromatic carbocycles. The first-order chi connectivity index (χ1) is 6.52. The lowest BCUT2D eigenvalue weighted by Gasteiger charge is -2.13. The molecule has 3 atom stereocenters. The Kier molecular flexibility index (Phi) is 3.68. The molecule has 0 amide bonds. The van der Waals surface area contributed by atoms with Gasteiger partial charge in [0.25, 0.3) is 0 Å². The van der Waals surface area contributed by atoms with Gasteiger partial charge in [-0.3, -0.25) is 0 Å². The van der Waals surface area contributed by atoms with E-state index in [9.17, 15) is 9.32 Å². The lowest BCUT2D eigenvalue weighted by molar-refractivity contribution is 0.165. The second-order valence-electron chi connectivity index (χ2n) is 3.04. The third-order valence-electron chi connectivity index (χ3n) is 1.83. The van der Waals surface area contributed by atoms with E-state index in [-0.39, 0.29) is 5.82 Å². The summed E-state index contributed by atoms with van der Waals surface area (Å²) in [6.07, 6.45) is 2.00. The first-order valence-corrected chi connectivity index (χ1v) is 5.25. The van der Waals surface area contributed by atoms with E-state index in [0.29, 0.717) is 0 Å². The number of hydrogen-bond donors (Lipinski definition) is 2. The summed E-state index contributed by atoms with van der Waals surface area (Å²) in [7, 11) is 0. The molecule has 0 aliphatic heterocycles. The van der Waals surface area contributed by atoms with E-state index in [2.05, 4.69) is 9.97 Å². The molecule has 0 bridgehead atoms. The highest BCUT2D eigenvalue weighted by Gasteiger charge is 2.23. The van der Waals surface area contributed by atoms with Gasteiger partial charge in [-0.15, -0.1) is 0 Å². The molecule has 1 unspecified atom stereocenters. The quantitative estimate of drug-likeness (QED) is 0.716. The van der Waals surface area contributed by atoms with Crippen LogP contribution in [0.15, 0.2) is 12.4 Å². The minimum absolute atomic E-state index is 0.172. The van der Waals surface area contributed by atoms with Crippen LogP contribution in [0, 0.1) is 6.92 Å². The fourth-order valence-electron chi connectivity index (χ4n) is 0.876. The van der Waals surface area contributed by atoms with Crippen LogP contribution in [0.5, 0.6) is 0 Å². The van der Waals surface area contributed by atoms with Gasteiger partial charge in [0.1, 0.15) is 6.10 Å². The highest BCUT2D eigenvalue weighted by Crippen LogP contribution is 2.15. The maximum atomic E-state index is 10.7. The van der Waals surface area contributed by atoms with Gasteiger partial charge in [0.15, 0.2) is 16.9 Å². The zero-order chi connectivity index (χ0) is 10.7. The SMILES string of the molecule is Cc1cnc([C@@H](O)[C@H](C)S(=O)O)nc1. The largest absolute Gasteiger partial charge is 0.384 e. The van der Waals surface area contributed by atoms with Gasteiger partial charge < -0.3 is 9.66 Å². The molecule has 2 N–H and O–H groups in total. The van der Waals surface area contributed by atoms with Crippen LogP contribution in [0.3, 0.4) is 0 Å². The van der Waals surface area contributed by atoms with Crippen molar-refractivity contribution in [3.8, 4) is 0 Å². The van der Waals surface area contributed by atoms with E-state index in [0.717, 1.165) is 5.56 Å². The number of aliphatic hydroxyl groups excluding tert-OH is 1. The molecule has 6 heteroatoms. The summed E-state index contributed by atoms with van der Waals surface area (Å²) in [5, 5.41) is 8.78. The minimum atomic E-state index is -2.08. The third kappa shape index (κ3) is 2.57. The molecule has 0 radical (unpaired) electrons. The molecule has 78 valence electrons. The van der Waals surface area contributed by atoms with Gasteiger partial charge in [-0.25, -0.2) is 14.2 Å². The van der Waals surface area contributed by atoms with Crippen LogP contribution in [-0.4, -0.2) is 29.1 Å². The highest BCUT2D eigenvalue weighted by atomic mass is 32.2. The molecule has 0 saturated heterocycles. The lowest BCUT2D eigenvalue weighted by atomic mass is 10.2. The van der Waals surface area contributed by atoms with E-state index in [1.807, 2.05) is 6.92 Å². The summed E-state index contributed by atoms with van der Waals surface area (Å²) in [5.74, 6) is 0.172. The predicted octanol–water partition coefficient (Wildman–Crippen LogP) is 0.429. The Balaban J connectivity index is 2.84. The van der Waals surface area contributed by atoms with Crippen molar-refractivity contribution >= 4 is 11.1 Å². The molecule has 1 aromatic heterocycles. The molecule has 0 aliphatic carbocycles. The van der Waals surface area contributed by atoms with E-state index in [4.69, 9.17) is 4.55 Å². The molecule has 14 heavy (non-hydrogen) atoms. The third-order valence-corrected chi connectivity index (χ3v) is 2.72. The van der Waals surface area contributed by atoms with Gasteiger partial charge >= 0.3 is 0 Å². The van der Waals surface area contributed by atoms with Gasteiger partial charge in [0.2, 0.25) is 0 Å². The highest BCUT2D eigenvalue weighted by molar-refractivity contribution is 7.79. The molecule has 0 saturated carbocycles. The average molecular weight is 216 g/mol. The maximum absolute atomic E-state index is 10.7. The first kappa shape index (κ1) is 11.2. The second-order valence-corrected chi connectivity index (χ2v) is 4.34. The summed E-state index contributed by atoms with van der Waals surface area (Å²) in [4.78, 5) is 7.75. The van der Waals surface area contributed by atoms with Gasteiger partial charge in [0, 0.05) is 12.4 Å². The molecule has 1 heterocycles.